The Morgan fingerprint density at radius 2 is 2.05 bits per heavy atom. The number of aliphatic imine (C=N–C) groups is 3. The molecule has 4 nitrogen and oxygen atoms in total. The predicted octanol–water partition coefficient (Wildman–Crippen LogP) is 3.21. The van der Waals surface area contributed by atoms with Crippen molar-refractivity contribution in [1.29, 1.82) is 0 Å². The summed E-state index contributed by atoms with van der Waals surface area (Å²) in [6.45, 7) is 0.668. The first-order valence-corrected chi connectivity index (χ1v) is 6.52. The van der Waals surface area contributed by atoms with E-state index in [-0.39, 0.29) is 0 Å². The van der Waals surface area contributed by atoms with Crippen LogP contribution in [-0.2, 0) is 6.54 Å². The van der Waals surface area contributed by atoms with E-state index in [1.807, 2.05) is 12.1 Å². The number of benzene rings is 1. The van der Waals surface area contributed by atoms with Gasteiger partial charge in [-0.25, -0.2) is 15.0 Å². The Bertz CT molecular complexity index is 644. The van der Waals surface area contributed by atoms with Crippen LogP contribution in [0.5, 0.6) is 0 Å². The molecule has 3 rings (SSSR count). The van der Waals surface area contributed by atoms with Gasteiger partial charge in [0.15, 0.2) is 5.84 Å². The van der Waals surface area contributed by atoms with Gasteiger partial charge in [0.25, 0.3) is 0 Å². The van der Waals surface area contributed by atoms with E-state index in [1.165, 1.54) is 6.34 Å². The fourth-order valence-corrected chi connectivity index (χ4v) is 2.18. The molecule has 0 amide bonds. The van der Waals surface area contributed by atoms with Gasteiger partial charge in [-0.15, -0.1) is 0 Å². The molecule has 2 aliphatic heterocycles. The van der Waals surface area contributed by atoms with E-state index in [9.17, 15) is 0 Å². The first kappa shape index (κ1) is 12.4. The highest BCUT2D eigenvalue weighted by molar-refractivity contribution is 6.47. The molecule has 0 spiro atoms. The number of halogens is 2. The van der Waals surface area contributed by atoms with Gasteiger partial charge in [0.1, 0.15) is 6.34 Å². The summed E-state index contributed by atoms with van der Waals surface area (Å²) in [6.07, 6.45) is 4.04. The van der Waals surface area contributed by atoms with E-state index in [2.05, 4.69) is 20.3 Å². The van der Waals surface area contributed by atoms with E-state index >= 15 is 0 Å². The second-order valence-electron chi connectivity index (χ2n) is 4.21. The van der Waals surface area contributed by atoms with Gasteiger partial charge < -0.3 is 5.32 Å². The molecule has 19 heavy (non-hydrogen) atoms. The number of nitrogens with one attached hydrogen (secondary N) is 1. The van der Waals surface area contributed by atoms with Crippen molar-refractivity contribution in [3.05, 3.63) is 45.7 Å². The summed E-state index contributed by atoms with van der Waals surface area (Å²) in [5, 5.41) is 4.44. The summed E-state index contributed by atoms with van der Waals surface area (Å²) in [4.78, 5) is 12.4. The number of nitrogens with zero attached hydrogens (tertiary/aromatic N) is 3. The topological polar surface area (TPSA) is 49.1 Å². The highest BCUT2D eigenvalue weighted by Gasteiger charge is 2.17. The van der Waals surface area contributed by atoms with E-state index < -0.39 is 0 Å². The van der Waals surface area contributed by atoms with E-state index in [4.69, 9.17) is 23.2 Å². The summed E-state index contributed by atoms with van der Waals surface area (Å²) in [5.74, 6) is 0.708. The first-order chi connectivity index (χ1) is 9.22. The minimum atomic E-state index is 0.562. The minimum absolute atomic E-state index is 0.562. The van der Waals surface area contributed by atoms with Gasteiger partial charge in [-0.05, 0) is 17.7 Å². The maximum atomic E-state index is 5.98. The van der Waals surface area contributed by atoms with Gasteiger partial charge >= 0.3 is 0 Å². The van der Waals surface area contributed by atoms with Crippen LogP contribution in [0.4, 0.5) is 0 Å². The lowest BCUT2D eigenvalue weighted by Crippen LogP contribution is -2.21. The van der Waals surface area contributed by atoms with E-state index in [1.54, 1.807) is 12.3 Å². The highest BCUT2D eigenvalue weighted by atomic mass is 35.5. The van der Waals surface area contributed by atoms with Crippen LogP contribution in [0.1, 0.15) is 12.0 Å². The Labute approximate surface area is 120 Å². The molecule has 0 bridgehead atoms. The van der Waals surface area contributed by atoms with Gasteiger partial charge in [0.05, 0.1) is 15.8 Å². The summed E-state index contributed by atoms with van der Waals surface area (Å²) < 4.78 is 0. The summed E-state index contributed by atoms with van der Waals surface area (Å²) in [7, 11) is 0. The second-order valence-corrected chi connectivity index (χ2v) is 5.02. The van der Waals surface area contributed by atoms with Crippen molar-refractivity contribution in [3.8, 4) is 0 Å². The molecule has 0 unspecified atom stereocenters. The van der Waals surface area contributed by atoms with Crippen molar-refractivity contribution in [3.63, 3.8) is 0 Å². The zero-order chi connectivity index (χ0) is 13.2. The number of allylic oxidation sites excluding steroid dienone is 1. The van der Waals surface area contributed by atoms with Crippen LogP contribution < -0.4 is 5.32 Å². The van der Waals surface area contributed by atoms with Crippen LogP contribution in [0.25, 0.3) is 0 Å². The quantitative estimate of drug-likeness (QED) is 0.914. The standard InChI is InChI=1S/C13H10Cl2N4/c14-10-2-1-8(3-11(10)15)5-16-9-4-12-13(17-6-9)19-7-18-12/h1-3,6-7,16H,4-5H2. The number of amidine groups is 1. The SMILES string of the molecule is Clc1ccc(CNC2=CN=C3N=CN=C3C2)cc1Cl. The van der Waals surface area contributed by atoms with Gasteiger partial charge in [0, 0.05) is 24.9 Å². The van der Waals surface area contributed by atoms with Crippen molar-refractivity contribution in [2.24, 2.45) is 15.0 Å². The van der Waals surface area contributed by atoms with Crippen molar-refractivity contribution in [2.75, 3.05) is 0 Å². The van der Waals surface area contributed by atoms with Crippen LogP contribution in [0.3, 0.4) is 0 Å². The van der Waals surface area contributed by atoms with Crippen molar-refractivity contribution >= 4 is 41.1 Å². The third kappa shape index (κ3) is 2.69. The molecule has 96 valence electrons. The second kappa shape index (κ2) is 5.15. The molecule has 0 radical (unpaired) electrons. The van der Waals surface area contributed by atoms with Crippen LogP contribution in [0.2, 0.25) is 10.0 Å². The molecule has 0 aliphatic carbocycles. The van der Waals surface area contributed by atoms with Gasteiger partial charge in [0.2, 0.25) is 0 Å². The number of hydrogen-bond acceptors (Lipinski definition) is 4. The Morgan fingerprint density at radius 3 is 2.89 bits per heavy atom. The van der Waals surface area contributed by atoms with Crippen LogP contribution in [-0.4, -0.2) is 17.9 Å². The maximum absolute atomic E-state index is 5.98. The average molecular weight is 293 g/mol. The largest absolute Gasteiger partial charge is 0.383 e. The third-order valence-corrected chi connectivity index (χ3v) is 3.59. The lowest BCUT2D eigenvalue weighted by atomic mass is 10.1. The van der Waals surface area contributed by atoms with Crippen molar-refractivity contribution < 1.29 is 0 Å². The predicted molar refractivity (Wildman–Crippen MR) is 79.4 cm³/mol. The molecule has 1 aromatic carbocycles. The van der Waals surface area contributed by atoms with Gasteiger partial charge in [-0.3, -0.25) is 0 Å². The first-order valence-electron chi connectivity index (χ1n) is 5.76. The maximum Gasteiger partial charge on any atom is 0.175 e. The minimum Gasteiger partial charge on any atom is -0.383 e. The van der Waals surface area contributed by atoms with Gasteiger partial charge in [-0.2, -0.15) is 0 Å². The number of hydrogen-bond donors (Lipinski definition) is 1. The smallest absolute Gasteiger partial charge is 0.175 e. The van der Waals surface area contributed by atoms with Crippen LogP contribution in [0.15, 0.2) is 45.1 Å². The third-order valence-electron chi connectivity index (χ3n) is 2.86. The summed E-state index contributed by atoms with van der Waals surface area (Å²) >= 11 is 11.9. The molecule has 1 N–H and O–H groups in total. The molecule has 0 saturated carbocycles. The summed E-state index contributed by atoms with van der Waals surface area (Å²) in [6, 6.07) is 5.59. The van der Waals surface area contributed by atoms with Gasteiger partial charge in [-0.1, -0.05) is 29.3 Å². The van der Waals surface area contributed by atoms with Crippen LogP contribution >= 0.6 is 23.2 Å². The monoisotopic (exact) mass is 292 g/mol. The summed E-state index contributed by atoms with van der Waals surface area (Å²) in [5.41, 5.74) is 2.98. The Balaban J connectivity index is 1.66. The molecule has 6 heteroatoms. The fraction of sp³-hybridized carbons (Fsp3) is 0.154. The molecule has 2 heterocycles. The van der Waals surface area contributed by atoms with Crippen molar-refractivity contribution in [2.45, 2.75) is 13.0 Å². The zero-order valence-corrected chi connectivity index (χ0v) is 11.4. The lowest BCUT2D eigenvalue weighted by Gasteiger charge is -2.13. The van der Waals surface area contributed by atoms with E-state index in [0.29, 0.717) is 22.4 Å². The zero-order valence-electron chi connectivity index (χ0n) is 9.90. The molecule has 0 aromatic heterocycles. The van der Waals surface area contributed by atoms with Crippen molar-refractivity contribution in [1.82, 2.24) is 5.32 Å². The molecular weight excluding hydrogens is 283 g/mol. The Kier molecular flexibility index (Phi) is 3.36. The molecular formula is C13H10Cl2N4. The normalized spacial score (nSPS) is 16.6. The van der Waals surface area contributed by atoms with E-state index in [0.717, 1.165) is 23.4 Å². The number of fused-ring (bicyclic) bond motifs is 1. The Morgan fingerprint density at radius 1 is 1.16 bits per heavy atom. The molecule has 0 fully saturated rings. The highest BCUT2D eigenvalue weighted by Crippen LogP contribution is 2.22. The average Bonchev–Trinajstić information content (AvgIpc) is 2.87. The lowest BCUT2D eigenvalue weighted by molar-refractivity contribution is 0.791. The fourth-order valence-electron chi connectivity index (χ4n) is 1.86. The number of rotatable bonds is 3. The molecule has 1 aromatic rings. The Hall–Kier alpha value is -1.65. The molecule has 0 atom stereocenters. The van der Waals surface area contributed by atoms with Crippen LogP contribution in [0, 0.1) is 0 Å². The molecule has 2 aliphatic rings. The molecule has 0 saturated heterocycles.